The van der Waals surface area contributed by atoms with Gasteiger partial charge in [-0.3, -0.25) is 0 Å². The van der Waals surface area contributed by atoms with Gasteiger partial charge in [0.25, 0.3) is 0 Å². The standard InChI is InChI=1S/C22H19FN2O/c23-20-19(26-18-12-7-13-18)14-15-24-22(20)25-21(16-8-3-1-4-9-16)17-10-5-2-6-11-17/h1-6,8-11,14-15,18H,7,12-13H2. The van der Waals surface area contributed by atoms with E-state index in [2.05, 4.69) is 9.98 Å². The molecule has 2 aromatic carbocycles. The Balaban J connectivity index is 1.76. The average Bonchev–Trinajstić information content (AvgIpc) is 2.66. The lowest BCUT2D eigenvalue weighted by Gasteiger charge is -2.26. The van der Waals surface area contributed by atoms with Crippen LogP contribution in [-0.4, -0.2) is 16.8 Å². The second-order valence-electron chi connectivity index (χ2n) is 6.31. The number of hydrogen-bond acceptors (Lipinski definition) is 3. The summed E-state index contributed by atoms with van der Waals surface area (Å²) in [6, 6.07) is 21.0. The van der Waals surface area contributed by atoms with Crippen LogP contribution in [0.4, 0.5) is 10.2 Å². The fraction of sp³-hybridized carbons (Fsp3) is 0.182. The van der Waals surface area contributed by atoms with Crippen molar-refractivity contribution in [3.63, 3.8) is 0 Å². The Kier molecular flexibility index (Phi) is 4.73. The van der Waals surface area contributed by atoms with E-state index < -0.39 is 5.82 Å². The summed E-state index contributed by atoms with van der Waals surface area (Å²) in [5.74, 6) is -0.239. The average molecular weight is 346 g/mol. The summed E-state index contributed by atoms with van der Waals surface area (Å²) in [7, 11) is 0. The first kappa shape index (κ1) is 16.5. The zero-order chi connectivity index (χ0) is 17.8. The van der Waals surface area contributed by atoms with Gasteiger partial charge in [0.15, 0.2) is 11.6 Å². The molecule has 0 aliphatic heterocycles. The van der Waals surface area contributed by atoms with Crippen LogP contribution in [0, 0.1) is 5.82 Å². The van der Waals surface area contributed by atoms with Crippen LogP contribution in [0.25, 0.3) is 0 Å². The molecular formula is C22H19FN2O. The number of benzene rings is 2. The van der Waals surface area contributed by atoms with Crippen molar-refractivity contribution in [3.05, 3.63) is 89.9 Å². The molecule has 0 spiro atoms. The molecule has 4 rings (SSSR count). The fourth-order valence-electron chi connectivity index (χ4n) is 2.85. The predicted octanol–water partition coefficient (Wildman–Crippen LogP) is 5.32. The zero-order valence-corrected chi connectivity index (χ0v) is 14.3. The minimum absolute atomic E-state index is 0.0459. The van der Waals surface area contributed by atoms with E-state index in [1.165, 1.54) is 0 Å². The summed E-state index contributed by atoms with van der Waals surface area (Å²) < 4.78 is 20.6. The topological polar surface area (TPSA) is 34.5 Å². The molecule has 0 amide bonds. The van der Waals surface area contributed by atoms with Crippen LogP contribution < -0.4 is 4.74 Å². The molecule has 1 heterocycles. The first-order valence-corrected chi connectivity index (χ1v) is 8.82. The maximum Gasteiger partial charge on any atom is 0.209 e. The van der Waals surface area contributed by atoms with Crippen LogP contribution in [0.1, 0.15) is 30.4 Å². The van der Waals surface area contributed by atoms with Gasteiger partial charge in [0.05, 0.1) is 11.8 Å². The summed E-state index contributed by atoms with van der Waals surface area (Å²) in [5, 5.41) is 0. The Bertz CT molecular complexity index is 864. The molecule has 1 aromatic heterocycles. The Labute approximate surface area is 152 Å². The Hall–Kier alpha value is -3.01. The van der Waals surface area contributed by atoms with Gasteiger partial charge in [0.2, 0.25) is 5.82 Å². The number of halogens is 1. The van der Waals surface area contributed by atoms with E-state index in [1.54, 1.807) is 12.3 Å². The summed E-state index contributed by atoms with van der Waals surface area (Å²) in [6.07, 6.45) is 4.73. The monoisotopic (exact) mass is 346 g/mol. The minimum atomic E-state index is -0.510. The van der Waals surface area contributed by atoms with Gasteiger partial charge in [-0.05, 0) is 19.3 Å². The molecule has 3 nitrogen and oxygen atoms in total. The van der Waals surface area contributed by atoms with Crippen molar-refractivity contribution in [1.82, 2.24) is 4.98 Å². The highest BCUT2D eigenvalue weighted by molar-refractivity contribution is 6.13. The quantitative estimate of drug-likeness (QED) is 0.586. The van der Waals surface area contributed by atoms with E-state index in [9.17, 15) is 4.39 Å². The van der Waals surface area contributed by atoms with Crippen molar-refractivity contribution >= 4 is 11.5 Å². The third kappa shape index (κ3) is 3.49. The van der Waals surface area contributed by atoms with Gasteiger partial charge in [-0.15, -0.1) is 0 Å². The molecule has 1 saturated carbocycles. The van der Waals surface area contributed by atoms with Crippen LogP contribution >= 0.6 is 0 Å². The number of nitrogens with zero attached hydrogens (tertiary/aromatic N) is 2. The van der Waals surface area contributed by atoms with Crippen molar-refractivity contribution in [2.75, 3.05) is 0 Å². The second-order valence-corrected chi connectivity index (χ2v) is 6.31. The molecule has 0 bridgehead atoms. The van der Waals surface area contributed by atoms with E-state index in [0.717, 1.165) is 30.4 Å². The van der Waals surface area contributed by atoms with E-state index in [0.29, 0.717) is 5.71 Å². The highest BCUT2D eigenvalue weighted by Crippen LogP contribution is 2.30. The van der Waals surface area contributed by atoms with E-state index in [4.69, 9.17) is 4.74 Å². The number of aliphatic imine (C=N–C) groups is 1. The van der Waals surface area contributed by atoms with Crippen LogP contribution in [0.3, 0.4) is 0 Å². The normalized spacial score (nSPS) is 13.7. The number of ether oxygens (including phenoxy) is 1. The molecule has 0 radical (unpaired) electrons. The summed E-state index contributed by atoms with van der Waals surface area (Å²) in [6.45, 7) is 0. The van der Waals surface area contributed by atoms with Gasteiger partial charge in [-0.1, -0.05) is 60.7 Å². The highest BCUT2D eigenvalue weighted by Gasteiger charge is 2.22. The van der Waals surface area contributed by atoms with Crippen molar-refractivity contribution in [2.45, 2.75) is 25.4 Å². The van der Waals surface area contributed by atoms with Gasteiger partial charge in [0.1, 0.15) is 0 Å². The first-order valence-electron chi connectivity index (χ1n) is 8.82. The van der Waals surface area contributed by atoms with Crippen molar-refractivity contribution < 1.29 is 9.13 Å². The molecule has 4 heteroatoms. The fourth-order valence-corrected chi connectivity index (χ4v) is 2.85. The van der Waals surface area contributed by atoms with Crippen molar-refractivity contribution in [3.8, 4) is 5.75 Å². The van der Waals surface area contributed by atoms with Crippen LogP contribution in [0.15, 0.2) is 77.9 Å². The maximum absolute atomic E-state index is 14.9. The van der Waals surface area contributed by atoms with E-state index >= 15 is 0 Å². The molecular weight excluding hydrogens is 327 g/mol. The number of hydrogen-bond donors (Lipinski definition) is 0. The molecule has 26 heavy (non-hydrogen) atoms. The molecule has 0 atom stereocenters. The second kappa shape index (κ2) is 7.48. The number of rotatable bonds is 5. The summed E-state index contributed by atoms with van der Waals surface area (Å²) in [4.78, 5) is 8.70. The Morgan fingerprint density at radius 1 is 0.923 bits per heavy atom. The lowest BCUT2D eigenvalue weighted by Crippen LogP contribution is -2.25. The van der Waals surface area contributed by atoms with Crippen LogP contribution in [0.2, 0.25) is 0 Å². The number of pyridine rings is 1. The third-order valence-electron chi connectivity index (χ3n) is 4.49. The lowest BCUT2D eigenvalue weighted by atomic mass is 9.96. The maximum atomic E-state index is 14.9. The zero-order valence-electron chi connectivity index (χ0n) is 14.3. The van der Waals surface area contributed by atoms with Gasteiger partial charge in [0, 0.05) is 23.4 Å². The lowest BCUT2D eigenvalue weighted by molar-refractivity contribution is 0.115. The minimum Gasteiger partial charge on any atom is -0.487 e. The van der Waals surface area contributed by atoms with Crippen LogP contribution in [-0.2, 0) is 0 Å². The van der Waals surface area contributed by atoms with Gasteiger partial charge in [-0.2, -0.15) is 4.39 Å². The molecule has 1 fully saturated rings. The third-order valence-corrected chi connectivity index (χ3v) is 4.49. The largest absolute Gasteiger partial charge is 0.487 e. The summed E-state index contributed by atoms with van der Waals surface area (Å²) >= 11 is 0. The first-order chi connectivity index (χ1) is 12.8. The predicted molar refractivity (Wildman–Crippen MR) is 101 cm³/mol. The summed E-state index contributed by atoms with van der Waals surface area (Å²) in [5.41, 5.74) is 2.49. The Morgan fingerprint density at radius 3 is 2.08 bits per heavy atom. The van der Waals surface area contributed by atoms with E-state index in [1.807, 2.05) is 60.7 Å². The van der Waals surface area contributed by atoms with Crippen LogP contribution in [0.5, 0.6) is 5.75 Å². The van der Waals surface area contributed by atoms with Crippen molar-refractivity contribution in [1.29, 1.82) is 0 Å². The molecule has 0 N–H and O–H groups in total. The van der Waals surface area contributed by atoms with Gasteiger partial charge in [-0.25, -0.2) is 9.98 Å². The number of aromatic nitrogens is 1. The molecule has 3 aromatic rings. The SMILES string of the molecule is Fc1c(OC2CCC2)ccnc1N=C(c1ccccc1)c1ccccc1. The molecule has 0 unspecified atom stereocenters. The van der Waals surface area contributed by atoms with Gasteiger partial charge < -0.3 is 4.74 Å². The van der Waals surface area contributed by atoms with Gasteiger partial charge >= 0.3 is 0 Å². The van der Waals surface area contributed by atoms with Crippen molar-refractivity contribution in [2.24, 2.45) is 4.99 Å². The van der Waals surface area contributed by atoms with E-state index in [-0.39, 0.29) is 17.7 Å². The Morgan fingerprint density at radius 2 is 1.54 bits per heavy atom. The molecule has 130 valence electrons. The highest BCUT2D eigenvalue weighted by atomic mass is 19.1. The molecule has 1 aliphatic carbocycles. The smallest absolute Gasteiger partial charge is 0.209 e. The molecule has 1 aliphatic rings. The molecule has 0 saturated heterocycles.